The molecule has 1 aromatic rings. The average molecular weight is 240 g/mol. The molecule has 0 spiro atoms. The molecule has 1 rings (SSSR count). The number of carbonyl (C=O) groups is 2. The van der Waals surface area contributed by atoms with E-state index in [1.54, 1.807) is 18.2 Å². The van der Waals surface area contributed by atoms with Crippen molar-refractivity contribution < 1.29 is 19.8 Å². The van der Waals surface area contributed by atoms with E-state index in [-0.39, 0.29) is 0 Å². The first kappa shape index (κ1) is 12.6. The van der Waals surface area contributed by atoms with Crippen molar-refractivity contribution in [2.24, 2.45) is 0 Å². The summed E-state index contributed by atoms with van der Waals surface area (Å²) in [6.45, 7) is 0. The number of hydrogen-bond acceptors (Lipinski definition) is 3. The molecular weight excluding hydrogens is 228 g/mol. The standard InChI is InChI=1S/C11H12O4S/c1-16-8-4-2-3-7(5-8)9(11(14)15)6-10(12)13/h2-5,9H,6H2,1H3,(H,12,13)(H,14,15). The smallest absolute Gasteiger partial charge is 0.311 e. The average Bonchev–Trinajstić information content (AvgIpc) is 2.25. The molecule has 0 saturated carbocycles. The van der Waals surface area contributed by atoms with Crippen molar-refractivity contribution in [3.63, 3.8) is 0 Å². The van der Waals surface area contributed by atoms with Crippen molar-refractivity contribution in [2.75, 3.05) is 6.26 Å². The lowest BCUT2D eigenvalue weighted by atomic mass is 9.96. The van der Waals surface area contributed by atoms with E-state index in [9.17, 15) is 9.59 Å². The highest BCUT2D eigenvalue weighted by Gasteiger charge is 2.23. The highest BCUT2D eigenvalue weighted by Crippen LogP contribution is 2.24. The molecule has 1 atom stereocenters. The fourth-order valence-corrected chi connectivity index (χ4v) is 1.85. The van der Waals surface area contributed by atoms with E-state index >= 15 is 0 Å². The second-order valence-corrected chi connectivity index (χ2v) is 4.14. The minimum absolute atomic E-state index is 0.396. The van der Waals surface area contributed by atoms with Crippen molar-refractivity contribution in [1.82, 2.24) is 0 Å². The van der Waals surface area contributed by atoms with Crippen molar-refractivity contribution in [1.29, 1.82) is 0 Å². The molecular formula is C11H12O4S. The van der Waals surface area contributed by atoms with E-state index in [0.717, 1.165) is 4.90 Å². The van der Waals surface area contributed by atoms with Gasteiger partial charge in [-0.15, -0.1) is 11.8 Å². The second-order valence-electron chi connectivity index (χ2n) is 3.27. The Labute approximate surface area is 97.3 Å². The minimum Gasteiger partial charge on any atom is -0.481 e. The molecule has 0 fully saturated rings. The number of benzene rings is 1. The van der Waals surface area contributed by atoms with Crippen LogP contribution in [0.4, 0.5) is 0 Å². The van der Waals surface area contributed by atoms with Gasteiger partial charge in [-0.3, -0.25) is 9.59 Å². The van der Waals surface area contributed by atoms with E-state index < -0.39 is 24.3 Å². The summed E-state index contributed by atoms with van der Waals surface area (Å²) in [6.07, 6.45) is 1.49. The summed E-state index contributed by atoms with van der Waals surface area (Å²) in [5, 5.41) is 17.6. The monoisotopic (exact) mass is 240 g/mol. The van der Waals surface area contributed by atoms with Gasteiger partial charge in [-0.2, -0.15) is 0 Å². The van der Waals surface area contributed by atoms with Crippen molar-refractivity contribution in [3.8, 4) is 0 Å². The van der Waals surface area contributed by atoms with Gasteiger partial charge in [-0.05, 0) is 24.0 Å². The molecule has 0 aliphatic rings. The summed E-state index contributed by atoms with van der Waals surface area (Å²) in [6, 6.07) is 6.95. The van der Waals surface area contributed by atoms with Crippen molar-refractivity contribution >= 4 is 23.7 Å². The van der Waals surface area contributed by atoms with Crippen LogP contribution in [0.25, 0.3) is 0 Å². The maximum absolute atomic E-state index is 11.0. The van der Waals surface area contributed by atoms with E-state index in [1.807, 2.05) is 12.3 Å². The Morgan fingerprint density at radius 1 is 1.38 bits per heavy atom. The Hall–Kier alpha value is -1.49. The molecule has 1 aromatic carbocycles. The van der Waals surface area contributed by atoms with Crippen LogP contribution in [0.1, 0.15) is 17.9 Å². The highest BCUT2D eigenvalue weighted by atomic mass is 32.2. The Balaban J connectivity index is 3.00. The molecule has 0 aromatic heterocycles. The zero-order valence-corrected chi connectivity index (χ0v) is 9.53. The lowest BCUT2D eigenvalue weighted by Crippen LogP contribution is -2.15. The van der Waals surface area contributed by atoms with Gasteiger partial charge >= 0.3 is 11.9 Å². The van der Waals surface area contributed by atoms with Gasteiger partial charge in [0, 0.05) is 4.90 Å². The molecule has 0 heterocycles. The van der Waals surface area contributed by atoms with Crippen LogP contribution in [-0.2, 0) is 9.59 Å². The molecule has 0 aliphatic carbocycles. The van der Waals surface area contributed by atoms with Crippen LogP contribution in [0.3, 0.4) is 0 Å². The Bertz CT molecular complexity index is 403. The minimum atomic E-state index is -1.11. The predicted molar refractivity (Wildman–Crippen MR) is 60.9 cm³/mol. The van der Waals surface area contributed by atoms with Gasteiger partial charge < -0.3 is 10.2 Å². The number of carboxylic acid groups (broad SMARTS) is 2. The van der Waals surface area contributed by atoms with Crippen LogP contribution in [-0.4, -0.2) is 28.4 Å². The van der Waals surface area contributed by atoms with Crippen LogP contribution in [0.5, 0.6) is 0 Å². The summed E-state index contributed by atoms with van der Waals surface area (Å²) in [7, 11) is 0. The third-order valence-electron chi connectivity index (χ3n) is 2.17. The zero-order chi connectivity index (χ0) is 12.1. The lowest BCUT2D eigenvalue weighted by Gasteiger charge is -2.11. The third-order valence-corrected chi connectivity index (χ3v) is 2.90. The number of rotatable bonds is 5. The van der Waals surface area contributed by atoms with Crippen LogP contribution in [0.15, 0.2) is 29.2 Å². The van der Waals surface area contributed by atoms with Gasteiger partial charge in [0.1, 0.15) is 0 Å². The largest absolute Gasteiger partial charge is 0.481 e. The fraction of sp³-hybridized carbons (Fsp3) is 0.273. The molecule has 2 N–H and O–H groups in total. The summed E-state index contributed by atoms with van der Waals surface area (Å²) < 4.78 is 0. The molecule has 0 aliphatic heterocycles. The predicted octanol–water partition coefficient (Wildman–Crippen LogP) is 2.05. The molecule has 0 radical (unpaired) electrons. The molecule has 86 valence electrons. The number of aliphatic carboxylic acids is 2. The van der Waals surface area contributed by atoms with Gasteiger partial charge in [-0.1, -0.05) is 12.1 Å². The van der Waals surface area contributed by atoms with Crippen molar-refractivity contribution in [2.45, 2.75) is 17.2 Å². The zero-order valence-electron chi connectivity index (χ0n) is 8.71. The van der Waals surface area contributed by atoms with E-state index in [4.69, 9.17) is 10.2 Å². The maximum atomic E-state index is 11.0. The Morgan fingerprint density at radius 3 is 2.56 bits per heavy atom. The molecule has 4 nitrogen and oxygen atoms in total. The highest BCUT2D eigenvalue weighted by molar-refractivity contribution is 7.98. The van der Waals surface area contributed by atoms with Gasteiger partial charge in [-0.25, -0.2) is 0 Å². The third kappa shape index (κ3) is 3.27. The van der Waals surface area contributed by atoms with Crippen LogP contribution in [0.2, 0.25) is 0 Å². The second kappa shape index (κ2) is 5.55. The van der Waals surface area contributed by atoms with E-state index in [2.05, 4.69) is 0 Å². The summed E-state index contributed by atoms with van der Waals surface area (Å²) in [5.41, 5.74) is 0.529. The van der Waals surface area contributed by atoms with Gasteiger partial charge in [0.25, 0.3) is 0 Å². The Kier molecular flexibility index (Phi) is 4.37. The number of carboxylic acids is 2. The van der Waals surface area contributed by atoms with Crippen LogP contribution < -0.4 is 0 Å². The first-order valence-corrected chi connectivity index (χ1v) is 5.85. The lowest BCUT2D eigenvalue weighted by molar-refractivity contribution is -0.145. The molecule has 0 amide bonds. The molecule has 16 heavy (non-hydrogen) atoms. The number of hydrogen-bond donors (Lipinski definition) is 2. The summed E-state index contributed by atoms with van der Waals surface area (Å²) in [5.74, 6) is -3.20. The Morgan fingerprint density at radius 2 is 2.06 bits per heavy atom. The molecule has 5 heteroatoms. The normalized spacial score (nSPS) is 12.1. The van der Waals surface area contributed by atoms with Crippen molar-refractivity contribution in [3.05, 3.63) is 29.8 Å². The quantitative estimate of drug-likeness (QED) is 0.770. The topological polar surface area (TPSA) is 74.6 Å². The summed E-state index contributed by atoms with van der Waals surface area (Å²) >= 11 is 1.49. The molecule has 0 bridgehead atoms. The first-order chi connectivity index (χ1) is 7.54. The van der Waals surface area contributed by atoms with Gasteiger partial charge in [0.2, 0.25) is 0 Å². The molecule has 0 saturated heterocycles. The first-order valence-electron chi connectivity index (χ1n) is 4.63. The SMILES string of the molecule is CSc1cccc(C(CC(=O)O)C(=O)O)c1. The van der Waals surface area contributed by atoms with Crippen LogP contribution >= 0.6 is 11.8 Å². The fourth-order valence-electron chi connectivity index (χ4n) is 1.38. The number of thioether (sulfide) groups is 1. The molecule has 1 unspecified atom stereocenters. The van der Waals surface area contributed by atoms with E-state index in [0.29, 0.717) is 5.56 Å². The maximum Gasteiger partial charge on any atom is 0.311 e. The summed E-state index contributed by atoms with van der Waals surface area (Å²) in [4.78, 5) is 22.5. The van der Waals surface area contributed by atoms with E-state index in [1.165, 1.54) is 11.8 Å². The van der Waals surface area contributed by atoms with Gasteiger partial charge in [0.05, 0.1) is 12.3 Å². The van der Waals surface area contributed by atoms with Gasteiger partial charge in [0.15, 0.2) is 0 Å². The van der Waals surface area contributed by atoms with Crippen LogP contribution in [0, 0.1) is 0 Å².